The van der Waals surface area contributed by atoms with Gasteiger partial charge in [0, 0.05) is 6.04 Å². The van der Waals surface area contributed by atoms with Gasteiger partial charge in [-0.15, -0.1) is 0 Å². The summed E-state index contributed by atoms with van der Waals surface area (Å²) < 4.78 is 5.29. The summed E-state index contributed by atoms with van der Waals surface area (Å²) in [4.78, 5) is 7.27. The molecule has 1 aromatic heterocycles. The zero-order chi connectivity index (χ0) is 11.9. The number of imidazole rings is 1. The first-order valence-electron chi connectivity index (χ1n) is 5.64. The van der Waals surface area contributed by atoms with Gasteiger partial charge in [0.2, 0.25) is 0 Å². The zero-order valence-corrected chi connectivity index (χ0v) is 9.39. The molecule has 0 aliphatic carbocycles. The number of nitrogens with two attached hydrogens (primary N) is 1. The Bertz CT molecular complexity index is 533. The lowest BCUT2D eigenvalue weighted by atomic mass is 9.73. The van der Waals surface area contributed by atoms with Gasteiger partial charge in [0.25, 0.3) is 0 Å². The van der Waals surface area contributed by atoms with Crippen molar-refractivity contribution in [3.63, 3.8) is 0 Å². The highest BCUT2D eigenvalue weighted by molar-refractivity contribution is 5.75. The maximum atomic E-state index is 9.27. The smallest absolute Gasteiger partial charge is 0.0931 e. The average Bonchev–Trinajstić information content (AvgIpc) is 2.74. The summed E-state index contributed by atoms with van der Waals surface area (Å²) in [7, 11) is 0. The number of benzene rings is 1. The van der Waals surface area contributed by atoms with Gasteiger partial charge in [-0.1, -0.05) is 6.07 Å². The Labute approximate surface area is 98.6 Å². The van der Waals surface area contributed by atoms with Crippen molar-refractivity contribution in [2.45, 2.75) is 11.5 Å². The van der Waals surface area contributed by atoms with E-state index in [1.807, 2.05) is 18.2 Å². The summed E-state index contributed by atoms with van der Waals surface area (Å²) in [5.74, 6) is 0. The van der Waals surface area contributed by atoms with Gasteiger partial charge in [0.1, 0.15) is 0 Å². The van der Waals surface area contributed by atoms with Crippen LogP contribution in [0.5, 0.6) is 0 Å². The van der Waals surface area contributed by atoms with Crippen LogP contribution in [-0.4, -0.2) is 40.9 Å². The molecule has 1 unspecified atom stereocenters. The van der Waals surface area contributed by atoms with Crippen LogP contribution >= 0.6 is 0 Å². The molecule has 3 rings (SSSR count). The van der Waals surface area contributed by atoms with Crippen molar-refractivity contribution in [2.75, 3.05) is 19.8 Å². The minimum absolute atomic E-state index is 0.0373. The first-order chi connectivity index (χ1) is 8.26. The third-order valence-corrected chi connectivity index (χ3v) is 3.62. The second-order valence-electron chi connectivity index (χ2n) is 4.57. The van der Waals surface area contributed by atoms with Crippen molar-refractivity contribution in [1.82, 2.24) is 9.97 Å². The predicted molar refractivity (Wildman–Crippen MR) is 63.7 cm³/mol. The largest absolute Gasteiger partial charge is 0.395 e. The van der Waals surface area contributed by atoms with Crippen LogP contribution in [-0.2, 0) is 10.2 Å². The van der Waals surface area contributed by atoms with E-state index in [1.165, 1.54) is 0 Å². The summed E-state index contributed by atoms with van der Waals surface area (Å²) in [6.07, 6.45) is 1.67. The van der Waals surface area contributed by atoms with E-state index in [0.29, 0.717) is 13.2 Å². The topological polar surface area (TPSA) is 84.2 Å². The predicted octanol–water partition coefficient (Wildman–Crippen LogP) is 0.150. The first-order valence-corrected chi connectivity index (χ1v) is 5.64. The quantitative estimate of drug-likeness (QED) is 0.704. The molecule has 1 fully saturated rings. The minimum Gasteiger partial charge on any atom is -0.395 e. The van der Waals surface area contributed by atoms with Gasteiger partial charge in [-0.05, 0) is 17.7 Å². The number of nitrogens with one attached hydrogen (secondary N) is 1. The monoisotopic (exact) mass is 233 g/mol. The molecular weight excluding hydrogens is 218 g/mol. The van der Waals surface area contributed by atoms with Crippen LogP contribution in [0.3, 0.4) is 0 Å². The molecule has 1 atom stereocenters. The Morgan fingerprint density at radius 2 is 2.35 bits per heavy atom. The summed E-state index contributed by atoms with van der Waals surface area (Å²) >= 11 is 0. The van der Waals surface area contributed by atoms with Crippen LogP contribution in [0.4, 0.5) is 0 Å². The van der Waals surface area contributed by atoms with Gasteiger partial charge >= 0.3 is 0 Å². The molecule has 0 saturated carbocycles. The molecule has 17 heavy (non-hydrogen) atoms. The zero-order valence-electron chi connectivity index (χ0n) is 9.39. The molecule has 0 bridgehead atoms. The van der Waals surface area contributed by atoms with Crippen LogP contribution in [0.2, 0.25) is 0 Å². The van der Waals surface area contributed by atoms with Crippen molar-refractivity contribution in [2.24, 2.45) is 5.73 Å². The van der Waals surface area contributed by atoms with Crippen molar-refractivity contribution in [3.8, 4) is 0 Å². The molecule has 1 aromatic carbocycles. The number of aliphatic hydroxyl groups is 1. The molecule has 0 spiro atoms. The lowest BCUT2D eigenvalue weighted by molar-refractivity contribution is -0.0797. The highest BCUT2D eigenvalue weighted by atomic mass is 16.5. The first kappa shape index (κ1) is 10.7. The average molecular weight is 233 g/mol. The second-order valence-corrected chi connectivity index (χ2v) is 4.57. The third-order valence-electron chi connectivity index (χ3n) is 3.62. The van der Waals surface area contributed by atoms with E-state index in [-0.39, 0.29) is 18.1 Å². The number of hydrogen-bond acceptors (Lipinski definition) is 4. The number of aliphatic hydroxyl groups excluding tert-OH is 1. The van der Waals surface area contributed by atoms with E-state index in [9.17, 15) is 5.11 Å². The van der Waals surface area contributed by atoms with E-state index in [0.717, 1.165) is 16.6 Å². The van der Waals surface area contributed by atoms with Crippen molar-refractivity contribution in [3.05, 3.63) is 30.1 Å². The maximum Gasteiger partial charge on any atom is 0.0931 e. The van der Waals surface area contributed by atoms with E-state index >= 15 is 0 Å². The van der Waals surface area contributed by atoms with Gasteiger partial charge < -0.3 is 20.6 Å². The molecule has 1 saturated heterocycles. The Morgan fingerprint density at radius 1 is 1.53 bits per heavy atom. The highest BCUT2D eigenvalue weighted by Crippen LogP contribution is 2.35. The summed E-state index contributed by atoms with van der Waals surface area (Å²) in [6, 6.07) is 5.73. The van der Waals surface area contributed by atoms with Crippen LogP contribution in [0.25, 0.3) is 11.0 Å². The molecule has 5 heteroatoms. The van der Waals surface area contributed by atoms with Gasteiger partial charge in [0.05, 0.1) is 42.6 Å². The van der Waals surface area contributed by atoms with Crippen molar-refractivity contribution >= 4 is 11.0 Å². The van der Waals surface area contributed by atoms with E-state index in [4.69, 9.17) is 10.5 Å². The van der Waals surface area contributed by atoms with Gasteiger partial charge in [-0.25, -0.2) is 4.98 Å². The highest BCUT2D eigenvalue weighted by Gasteiger charge is 2.45. The molecule has 1 aliphatic rings. The Kier molecular flexibility index (Phi) is 2.39. The van der Waals surface area contributed by atoms with E-state index in [1.54, 1.807) is 6.33 Å². The lowest BCUT2D eigenvalue weighted by Crippen LogP contribution is -2.60. The fourth-order valence-electron chi connectivity index (χ4n) is 2.34. The van der Waals surface area contributed by atoms with Gasteiger partial charge in [-0.2, -0.15) is 0 Å². The van der Waals surface area contributed by atoms with Gasteiger partial charge in [-0.3, -0.25) is 0 Å². The number of nitrogens with zero attached hydrogens (tertiary/aromatic N) is 1. The molecule has 4 N–H and O–H groups in total. The second kappa shape index (κ2) is 3.80. The number of fused-ring (bicyclic) bond motifs is 1. The Hall–Kier alpha value is -1.43. The van der Waals surface area contributed by atoms with Crippen LogP contribution < -0.4 is 5.73 Å². The fraction of sp³-hybridized carbons (Fsp3) is 0.417. The van der Waals surface area contributed by atoms with Crippen LogP contribution in [0, 0.1) is 0 Å². The Balaban J connectivity index is 2.06. The summed E-state index contributed by atoms with van der Waals surface area (Å²) in [5.41, 5.74) is 8.77. The minimum atomic E-state index is -0.295. The molecule has 2 aromatic rings. The number of aromatic nitrogens is 2. The van der Waals surface area contributed by atoms with E-state index in [2.05, 4.69) is 9.97 Å². The molecule has 90 valence electrons. The molecular formula is C12H15N3O2. The van der Waals surface area contributed by atoms with Crippen molar-refractivity contribution in [1.29, 1.82) is 0 Å². The molecule has 2 heterocycles. The number of aromatic amines is 1. The van der Waals surface area contributed by atoms with E-state index < -0.39 is 0 Å². The maximum absolute atomic E-state index is 9.27. The summed E-state index contributed by atoms with van der Waals surface area (Å²) in [5, 5.41) is 9.27. The summed E-state index contributed by atoms with van der Waals surface area (Å²) in [6.45, 7) is 1.09. The van der Waals surface area contributed by atoms with Gasteiger partial charge in [0.15, 0.2) is 0 Å². The van der Waals surface area contributed by atoms with Crippen molar-refractivity contribution < 1.29 is 9.84 Å². The Morgan fingerprint density at radius 3 is 3.00 bits per heavy atom. The molecule has 1 aliphatic heterocycles. The molecule has 0 amide bonds. The van der Waals surface area contributed by atoms with Crippen LogP contribution in [0.1, 0.15) is 5.56 Å². The number of H-pyrrole nitrogens is 1. The lowest BCUT2D eigenvalue weighted by Gasteiger charge is -2.45. The number of rotatable bonds is 3. The normalized spacial score (nSPS) is 20.1. The standard InChI is InChI=1S/C12H15N3O2/c13-11(4-16)12(5-17-6-12)8-1-2-9-10(3-8)15-7-14-9/h1-3,7,11,16H,4-6,13H2,(H,14,15). The third kappa shape index (κ3) is 1.47. The number of ether oxygens (including phenoxy) is 1. The molecule has 0 radical (unpaired) electrons. The fourth-order valence-corrected chi connectivity index (χ4v) is 2.34. The van der Waals surface area contributed by atoms with Crippen LogP contribution in [0.15, 0.2) is 24.5 Å². The molecule has 5 nitrogen and oxygen atoms in total. The number of hydrogen-bond donors (Lipinski definition) is 3. The SMILES string of the molecule is NC(CO)C1(c2ccc3nc[nH]c3c2)COC1.